The Kier molecular flexibility index (Phi) is 3.28. The third-order valence-electron chi connectivity index (χ3n) is 1.16. The van der Waals surface area contributed by atoms with Crippen LogP contribution in [-0.2, 0) is 6.42 Å². The van der Waals surface area contributed by atoms with Crippen molar-refractivity contribution in [1.29, 1.82) is 0 Å². The highest BCUT2D eigenvalue weighted by molar-refractivity contribution is 14.1. The second kappa shape index (κ2) is 3.80. The highest BCUT2D eigenvalue weighted by atomic mass is 127. The van der Waals surface area contributed by atoms with Gasteiger partial charge in [-0.1, -0.05) is 6.92 Å². The zero-order valence-electron chi connectivity index (χ0n) is 5.43. The van der Waals surface area contributed by atoms with Gasteiger partial charge in [-0.15, -0.1) is 0 Å². The molecule has 0 aliphatic heterocycles. The summed E-state index contributed by atoms with van der Waals surface area (Å²) in [6, 6.07) is 0. The molecule has 0 aliphatic carbocycles. The van der Waals surface area contributed by atoms with Gasteiger partial charge in [-0.3, -0.25) is 0 Å². The van der Waals surface area contributed by atoms with Crippen molar-refractivity contribution in [2.75, 3.05) is 0 Å². The molecule has 10 heavy (non-hydrogen) atoms. The molecule has 0 bridgehead atoms. The maximum atomic E-state index is 4.21. The van der Waals surface area contributed by atoms with Crippen LogP contribution in [0.1, 0.15) is 12.5 Å². The van der Waals surface area contributed by atoms with Gasteiger partial charge in [0, 0.05) is 34.4 Å². The number of halogens is 2. The third-order valence-corrected chi connectivity index (χ3v) is 2.62. The minimum Gasteiger partial charge on any atom is -0.231 e. The largest absolute Gasteiger partial charge is 0.231 e. The van der Waals surface area contributed by atoms with Crippen molar-refractivity contribution < 1.29 is 0 Å². The summed E-state index contributed by atoms with van der Waals surface area (Å²) in [6.07, 6.45) is 2.89. The number of rotatable bonds is 1. The van der Waals surface area contributed by atoms with E-state index in [4.69, 9.17) is 0 Å². The molecule has 0 atom stereocenters. The fourth-order valence-corrected chi connectivity index (χ4v) is 2.19. The lowest BCUT2D eigenvalue weighted by molar-refractivity contribution is 0.988. The van der Waals surface area contributed by atoms with Gasteiger partial charge >= 0.3 is 0 Å². The summed E-state index contributed by atoms with van der Waals surface area (Å²) >= 11 is 4.34. The highest BCUT2D eigenvalue weighted by Crippen LogP contribution is 2.09. The first-order chi connectivity index (χ1) is 4.74. The maximum absolute atomic E-state index is 4.21. The van der Waals surface area contributed by atoms with Crippen LogP contribution >= 0.6 is 45.2 Å². The second-order valence-electron chi connectivity index (χ2n) is 1.81. The van der Waals surface area contributed by atoms with E-state index in [1.54, 1.807) is 0 Å². The molecule has 2 nitrogen and oxygen atoms in total. The predicted octanol–water partition coefficient (Wildman–Crippen LogP) is 2.25. The topological polar surface area (TPSA) is 25.8 Å². The monoisotopic (exact) mass is 360 g/mol. The van der Waals surface area contributed by atoms with Crippen molar-refractivity contribution in [1.82, 2.24) is 9.97 Å². The molecule has 0 saturated heterocycles. The Balaban J connectivity index is 3.07. The van der Waals surface area contributed by atoms with E-state index in [0.717, 1.165) is 14.0 Å². The summed E-state index contributed by atoms with van der Waals surface area (Å²) in [5.41, 5.74) is 1.22. The van der Waals surface area contributed by atoms with E-state index in [9.17, 15) is 0 Å². The number of aryl methyl sites for hydroxylation is 1. The summed E-state index contributed by atoms with van der Waals surface area (Å²) in [4.78, 5) is 8.29. The number of hydrogen-bond donors (Lipinski definition) is 0. The Bertz CT molecular complexity index is 237. The molecule has 1 aromatic rings. The fourth-order valence-electron chi connectivity index (χ4n) is 0.603. The molecule has 0 aromatic carbocycles. The molecule has 1 aromatic heterocycles. The van der Waals surface area contributed by atoms with Crippen molar-refractivity contribution in [3.63, 3.8) is 0 Å². The van der Waals surface area contributed by atoms with E-state index in [2.05, 4.69) is 62.1 Å². The van der Waals surface area contributed by atoms with Crippen LogP contribution in [0, 0.1) is 7.53 Å². The van der Waals surface area contributed by atoms with Crippen molar-refractivity contribution in [2.24, 2.45) is 0 Å². The molecular weight excluding hydrogens is 354 g/mol. The molecule has 0 fully saturated rings. The summed E-state index contributed by atoms with van der Waals surface area (Å²) < 4.78 is 1.89. The van der Waals surface area contributed by atoms with Crippen molar-refractivity contribution in [3.05, 3.63) is 19.3 Å². The molecule has 0 unspecified atom stereocenters. The van der Waals surface area contributed by atoms with Gasteiger partial charge in [0.1, 0.15) is 3.70 Å². The summed E-state index contributed by atoms with van der Waals surface area (Å²) in [5, 5.41) is 0. The highest BCUT2D eigenvalue weighted by Gasteiger charge is 1.98. The smallest absolute Gasteiger partial charge is 0.191 e. The van der Waals surface area contributed by atoms with Crippen molar-refractivity contribution >= 4 is 45.2 Å². The molecule has 54 valence electrons. The zero-order valence-corrected chi connectivity index (χ0v) is 9.75. The minimum absolute atomic E-state index is 0.819. The Labute approximate surface area is 87.1 Å². The van der Waals surface area contributed by atoms with Crippen LogP contribution in [0.25, 0.3) is 0 Å². The van der Waals surface area contributed by atoms with Gasteiger partial charge in [-0.2, -0.15) is 0 Å². The molecule has 0 spiro atoms. The fraction of sp³-hybridized carbons (Fsp3) is 0.333. The summed E-state index contributed by atoms with van der Waals surface area (Å²) in [7, 11) is 0. The molecule has 1 heterocycles. The summed E-state index contributed by atoms with van der Waals surface area (Å²) in [5.74, 6) is 0. The Hall–Kier alpha value is 0.540. The first-order valence-corrected chi connectivity index (χ1v) is 5.06. The molecule has 0 N–H and O–H groups in total. The molecular formula is C6H6I2N2. The molecule has 0 aliphatic rings. The van der Waals surface area contributed by atoms with Gasteiger partial charge in [-0.05, 0) is 29.0 Å². The van der Waals surface area contributed by atoms with Crippen LogP contribution in [0.4, 0.5) is 0 Å². The van der Waals surface area contributed by atoms with Crippen molar-refractivity contribution in [2.45, 2.75) is 13.3 Å². The molecule has 4 heteroatoms. The SMILES string of the molecule is CCc1cnc(I)nc1I. The average molecular weight is 360 g/mol. The lowest BCUT2D eigenvalue weighted by Gasteiger charge is -1.97. The van der Waals surface area contributed by atoms with Crippen LogP contribution in [0.5, 0.6) is 0 Å². The van der Waals surface area contributed by atoms with Gasteiger partial charge in [-0.25, -0.2) is 9.97 Å². The number of nitrogens with zero attached hydrogens (tertiary/aromatic N) is 2. The van der Waals surface area contributed by atoms with Crippen LogP contribution in [0.3, 0.4) is 0 Å². The van der Waals surface area contributed by atoms with E-state index in [1.807, 2.05) is 6.20 Å². The molecule has 1 rings (SSSR count). The van der Waals surface area contributed by atoms with Crippen LogP contribution in [0.15, 0.2) is 6.20 Å². The van der Waals surface area contributed by atoms with E-state index >= 15 is 0 Å². The van der Waals surface area contributed by atoms with Gasteiger partial charge in [0.05, 0.1) is 0 Å². The lowest BCUT2D eigenvalue weighted by atomic mass is 10.3. The Morgan fingerprint density at radius 2 is 2.20 bits per heavy atom. The Morgan fingerprint density at radius 1 is 1.50 bits per heavy atom. The minimum atomic E-state index is 0.819. The lowest BCUT2D eigenvalue weighted by Crippen LogP contribution is -1.95. The third kappa shape index (κ3) is 2.01. The Morgan fingerprint density at radius 3 is 2.70 bits per heavy atom. The summed E-state index contributed by atoms with van der Waals surface area (Å²) in [6.45, 7) is 2.10. The van der Waals surface area contributed by atoms with Gasteiger partial charge in [0.15, 0.2) is 3.83 Å². The zero-order chi connectivity index (χ0) is 7.56. The molecule has 0 saturated carbocycles. The van der Waals surface area contributed by atoms with Crippen LogP contribution in [-0.4, -0.2) is 9.97 Å². The van der Waals surface area contributed by atoms with Gasteiger partial charge in [0.2, 0.25) is 0 Å². The average Bonchev–Trinajstić information content (AvgIpc) is 1.88. The second-order valence-corrected chi connectivity index (χ2v) is 3.80. The maximum Gasteiger partial charge on any atom is 0.191 e. The van der Waals surface area contributed by atoms with E-state index in [1.165, 1.54) is 5.56 Å². The number of hydrogen-bond acceptors (Lipinski definition) is 2. The van der Waals surface area contributed by atoms with Crippen LogP contribution in [0.2, 0.25) is 0 Å². The quantitative estimate of drug-likeness (QED) is 0.436. The van der Waals surface area contributed by atoms with Gasteiger partial charge < -0.3 is 0 Å². The first-order valence-electron chi connectivity index (χ1n) is 2.91. The van der Waals surface area contributed by atoms with Crippen molar-refractivity contribution in [3.8, 4) is 0 Å². The van der Waals surface area contributed by atoms with E-state index in [-0.39, 0.29) is 0 Å². The molecule has 0 amide bonds. The number of aromatic nitrogens is 2. The standard InChI is InChI=1S/C6H6I2N2/c1-2-4-3-9-6(8)10-5(4)7/h3H,2H2,1H3. The predicted molar refractivity (Wildman–Crippen MR) is 56.8 cm³/mol. The van der Waals surface area contributed by atoms with E-state index < -0.39 is 0 Å². The van der Waals surface area contributed by atoms with E-state index in [0.29, 0.717) is 0 Å². The molecule has 0 radical (unpaired) electrons. The first kappa shape index (κ1) is 8.63. The van der Waals surface area contributed by atoms with Gasteiger partial charge in [0.25, 0.3) is 0 Å². The normalized spacial score (nSPS) is 9.90. The van der Waals surface area contributed by atoms with Crippen LogP contribution < -0.4 is 0 Å².